The molecule has 3 nitrogen and oxygen atoms in total. The van der Waals surface area contributed by atoms with Crippen molar-refractivity contribution in [1.29, 1.82) is 5.41 Å². The Labute approximate surface area is 301 Å². The summed E-state index contributed by atoms with van der Waals surface area (Å²) in [7, 11) is 0. The van der Waals surface area contributed by atoms with Gasteiger partial charge in [-0.25, -0.2) is 4.99 Å². The number of thioether (sulfide) groups is 1. The zero-order chi connectivity index (χ0) is 34.4. The van der Waals surface area contributed by atoms with Gasteiger partial charge in [0.15, 0.2) is 5.84 Å². The van der Waals surface area contributed by atoms with E-state index in [2.05, 4.69) is 164 Å². The highest BCUT2D eigenvalue weighted by molar-refractivity contribution is 8.03. The van der Waals surface area contributed by atoms with Crippen LogP contribution in [0.15, 0.2) is 162 Å². The van der Waals surface area contributed by atoms with E-state index < -0.39 is 5.41 Å². The summed E-state index contributed by atoms with van der Waals surface area (Å²) in [4.78, 5) is 5.83. The molecule has 0 radical (unpaired) electrons. The zero-order valence-electron chi connectivity index (χ0n) is 28.4. The Kier molecular flexibility index (Phi) is 6.46. The highest BCUT2D eigenvalue weighted by Crippen LogP contribution is 2.61. The summed E-state index contributed by atoms with van der Waals surface area (Å²) in [5.74, 6) is 0.221. The number of aryl methyl sites for hydroxylation is 1. The largest absolute Gasteiger partial charge is 0.309 e. The van der Waals surface area contributed by atoms with Gasteiger partial charge in [-0.05, 0) is 87.2 Å². The van der Waals surface area contributed by atoms with Crippen molar-refractivity contribution < 1.29 is 0 Å². The Bertz CT molecular complexity index is 2850. The summed E-state index contributed by atoms with van der Waals surface area (Å²) in [5.41, 5.74) is 14.3. The Morgan fingerprint density at radius 1 is 0.667 bits per heavy atom. The first-order valence-corrected chi connectivity index (χ1v) is 18.5. The van der Waals surface area contributed by atoms with E-state index in [9.17, 15) is 5.41 Å². The van der Waals surface area contributed by atoms with Gasteiger partial charge in [-0.1, -0.05) is 128 Å². The predicted molar refractivity (Wildman–Crippen MR) is 216 cm³/mol. The molecule has 1 atom stereocenters. The SMILES string of the molecule is C=C(SC)C(=NC(=N)c1ccc2c(c1)-c1c(C)cccc1C21c2ccccc2-n2c3ccccc3c3cccc1c32)c1ccc2ccccc2c1. The maximum absolute atomic E-state index is 9.40. The van der Waals surface area contributed by atoms with Crippen LogP contribution >= 0.6 is 11.8 Å². The second-order valence-electron chi connectivity index (χ2n) is 13.6. The molecule has 10 rings (SSSR count). The van der Waals surface area contributed by atoms with Crippen LogP contribution in [-0.4, -0.2) is 22.4 Å². The Balaban J connectivity index is 1.22. The second kappa shape index (κ2) is 11.0. The highest BCUT2D eigenvalue weighted by atomic mass is 32.2. The average molecular weight is 672 g/mol. The topological polar surface area (TPSA) is 41.1 Å². The van der Waals surface area contributed by atoms with Crippen LogP contribution in [0.3, 0.4) is 0 Å². The van der Waals surface area contributed by atoms with Crippen molar-refractivity contribution in [2.75, 3.05) is 6.26 Å². The third-order valence-corrected chi connectivity index (χ3v) is 11.7. The van der Waals surface area contributed by atoms with Gasteiger partial charge in [0.2, 0.25) is 0 Å². The highest BCUT2D eigenvalue weighted by Gasteiger charge is 2.51. The molecule has 2 aliphatic rings. The van der Waals surface area contributed by atoms with Crippen molar-refractivity contribution in [1.82, 2.24) is 4.57 Å². The summed E-state index contributed by atoms with van der Waals surface area (Å²) >= 11 is 1.56. The lowest BCUT2D eigenvalue weighted by Crippen LogP contribution is -2.33. The molecular formula is C47H33N3S. The first-order valence-electron chi connectivity index (χ1n) is 17.3. The fraction of sp³-hybridized carbons (Fsp3) is 0.0638. The van der Waals surface area contributed by atoms with Gasteiger partial charge in [0.1, 0.15) is 0 Å². The normalized spacial score (nSPS) is 15.7. The van der Waals surface area contributed by atoms with Gasteiger partial charge in [-0.2, -0.15) is 0 Å². The maximum Gasteiger partial charge on any atom is 0.152 e. The molecular weight excluding hydrogens is 639 g/mol. The van der Waals surface area contributed by atoms with Crippen LogP contribution in [0.2, 0.25) is 0 Å². The number of rotatable bonds is 4. The van der Waals surface area contributed by atoms with Crippen molar-refractivity contribution in [3.05, 3.63) is 196 Å². The van der Waals surface area contributed by atoms with Crippen molar-refractivity contribution in [2.24, 2.45) is 4.99 Å². The monoisotopic (exact) mass is 671 g/mol. The van der Waals surface area contributed by atoms with Crippen LogP contribution in [0, 0.1) is 12.3 Å². The molecule has 2 heterocycles. The van der Waals surface area contributed by atoms with E-state index in [0.717, 1.165) is 32.7 Å². The number of hydrogen-bond acceptors (Lipinski definition) is 2. The number of fused-ring (bicyclic) bond motifs is 13. The van der Waals surface area contributed by atoms with Crippen LogP contribution < -0.4 is 0 Å². The molecule has 0 saturated carbocycles. The fourth-order valence-corrected chi connectivity index (χ4v) is 9.25. The number of allylic oxidation sites excluding steroid dienone is 1. The average Bonchev–Trinajstić information content (AvgIpc) is 3.67. The number of para-hydroxylation sites is 3. The first-order chi connectivity index (χ1) is 25.0. The molecule has 4 heteroatoms. The van der Waals surface area contributed by atoms with Gasteiger partial charge in [0.05, 0.1) is 27.8 Å². The first kappa shape index (κ1) is 29.9. The molecule has 7 aromatic carbocycles. The molecule has 51 heavy (non-hydrogen) atoms. The number of amidine groups is 1. The van der Waals surface area contributed by atoms with Crippen LogP contribution in [0.4, 0.5) is 0 Å². The minimum Gasteiger partial charge on any atom is -0.309 e. The molecule has 8 aromatic rings. The molecule has 0 saturated heterocycles. The van der Waals surface area contributed by atoms with Gasteiger partial charge in [-0.3, -0.25) is 5.41 Å². The molecule has 1 aliphatic heterocycles. The Morgan fingerprint density at radius 3 is 2.25 bits per heavy atom. The second-order valence-corrected chi connectivity index (χ2v) is 14.5. The van der Waals surface area contributed by atoms with Gasteiger partial charge in [0.25, 0.3) is 0 Å². The van der Waals surface area contributed by atoms with Crippen molar-refractivity contribution in [3.63, 3.8) is 0 Å². The van der Waals surface area contributed by atoms with E-state index in [1.165, 1.54) is 66.3 Å². The molecule has 1 aromatic heterocycles. The van der Waals surface area contributed by atoms with Crippen molar-refractivity contribution in [2.45, 2.75) is 12.3 Å². The van der Waals surface area contributed by atoms with Gasteiger partial charge in [0, 0.05) is 26.8 Å². The molecule has 242 valence electrons. The number of benzene rings is 7. The number of aliphatic imine (C=N–C) groups is 1. The summed E-state index contributed by atoms with van der Waals surface area (Å²) < 4.78 is 2.47. The number of nitrogens with zero attached hydrogens (tertiary/aromatic N) is 2. The number of nitrogens with one attached hydrogen (secondary N) is 1. The molecule has 1 N–H and O–H groups in total. The molecule has 1 spiro atoms. The molecule has 1 unspecified atom stereocenters. The number of hydrogen-bond donors (Lipinski definition) is 1. The van der Waals surface area contributed by atoms with E-state index in [4.69, 9.17) is 4.99 Å². The summed E-state index contributed by atoms with van der Waals surface area (Å²) in [6, 6.07) is 52.5. The molecule has 0 bridgehead atoms. The van der Waals surface area contributed by atoms with Crippen LogP contribution in [0.25, 0.3) is 49.4 Å². The lowest BCUT2D eigenvalue weighted by atomic mass is 9.65. The van der Waals surface area contributed by atoms with Gasteiger partial charge < -0.3 is 4.57 Å². The molecule has 1 aliphatic carbocycles. The minimum absolute atomic E-state index is 0.221. The van der Waals surface area contributed by atoms with E-state index in [0.29, 0.717) is 0 Å². The summed E-state index contributed by atoms with van der Waals surface area (Å²) in [6.07, 6.45) is 2.01. The summed E-state index contributed by atoms with van der Waals surface area (Å²) in [5, 5.41) is 14.2. The van der Waals surface area contributed by atoms with Crippen LogP contribution in [0.1, 0.15) is 38.9 Å². The van der Waals surface area contributed by atoms with Gasteiger partial charge in [-0.15, -0.1) is 11.8 Å². The minimum atomic E-state index is -0.523. The lowest BCUT2D eigenvalue weighted by Gasteiger charge is -2.39. The van der Waals surface area contributed by atoms with Crippen molar-refractivity contribution >= 4 is 55.9 Å². The molecule has 0 fully saturated rings. The smallest absolute Gasteiger partial charge is 0.152 e. The van der Waals surface area contributed by atoms with E-state index in [1.54, 1.807) is 11.8 Å². The van der Waals surface area contributed by atoms with Gasteiger partial charge >= 0.3 is 0 Å². The predicted octanol–water partition coefficient (Wildman–Crippen LogP) is 11.6. The van der Waals surface area contributed by atoms with Crippen LogP contribution in [-0.2, 0) is 5.41 Å². The Hall–Kier alpha value is -5.97. The number of aromatic nitrogens is 1. The van der Waals surface area contributed by atoms with E-state index in [1.807, 2.05) is 6.26 Å². The fourth-order valence-electron chi connectivity index (χ4n) is 8.89. The standard InChI is InChI=1S/C47H33N3S/c1-28-12-10-18-39-43(28)36-27-33(46(48)49-44(29(2)51-3)32-23-22-30-13-4-5-14-31(30)26-32)24-25-37(36)47(39)38-17-7-9-21-42(38)50-41-20-8-6-15-34(41)35-16-11-19-40(47)45(35)50/h4-27,48H,2H2,1,3H3. The third kappa shape index (κ3) is 4.02. The maximum atomic E-state index is 9.40. The van der Waals surface area contributed by atoms with E-state index >= 15 is 0 Å². The Morgan fingerprint density at radius 2 is 1.37 bits per heavy atom. The van der Waals surface area contributed by atoms with Crippen molar-refractivity contribution in [3.8, 4) is 16.8 Å². The molecule has 0 amide bonds. The van der Waals surface area contributed by atoms with Crippen LogP contribution in [0.5, 0.6) is 0 Å². The zero-order valence-corrected chi connectivity index (χ0v) is 29.2. The third-order valence-electron chi connectivity index (χ3n) is 11.0. The van der Waals surface area contributed by atoms with E-state index in [-0.39, 0.29) is 5.84 Å². The quantitative estimate of drug-likeness (QED) is 0.147. The summed E-state index contributed by atoms with van der Waals surface area (Å²) in [6.45, 7) is 6.55. The lowest BCUT2D eigenvalue weighted by molar-refractivity contribution is 0.748.